The first-order valence-corrected chi connectivity index (χ1v) is 9.51. The number of nitrogens with one attached hydrogen (secondary N) is 1. The van der Waals surface area contributed by atoms with Crippen molar-refractivity contribution in [2.75, 3.05) is 0 Å². The van der Waals surface area contributed by atoms with Gasteiger partial charge in [0.2, 0.25) is 0 Å². The lowest BCUT2D eigenvalue weighted by Crippen LogP contribution is -2.24. The first-order valence-electron chi connectivity index (χ1n) is 8.11. The van der Waals surface area contributed by atoms with Crippen LogP contribution in [0.5, 0.6) is 0 Å². The molecule has 0 radical (unpaired) electrons. The number of para-hydroxylation sites is 1. The Hall–Kier alpha value is -3.04. The summed E-state index contributed by atoms with van der Waals surface area (Å²) in [6, 6.07) is 11.3. The van der Waals surface area contributed by atoms with Gasteiger partial charge >= 0.3 is 0 Å². The zero-order chi connectivity index (χ0) is 18.4. The number of fused-ring (bicyclic) bond motifs is 2. The number of H-pyrrole nitrogens is 1. The first-order chi connectivity index (χ1) is 13.2. The summed E-state index contributed by atoms with van der Waals surface area (Å²) >= 11 is 6.16. The smallest absolute Gasteiger partial charge is 0.276 e. The SMILES string of the molecule is O=c1c2sccc2nc(C(S)c2ncnc3nc[nH]c23)n1-c1ccccc1. The van der Waals surface area contributed by atoms with Crippen molar-refractivity contribution in [3.63, 3.8) is 0 Å². The third kappa shape index (κ3) is 2.54. The number of benzene rings is 1. The van der Waals surface area contributed by atoms with Crippen LogP contribution in [0.15, 0.2) is 59.2 Å². The Labute approximate surface area is 162 Å². The highest BCUT2D eigenvalue weighted by molar-refractivity contribution is 7.80. The molecule has 0 bridgehead atoms. The second-order valence-electron chi connectivity index (χ2n) is 5.84. The minimum atomic E-state index is -0.548. The Morgan fingerprint density at radius 2 is 1.96 bits per heavy atom. The minimum Gasteiger partial charge on any atom is -0.342 e. The van der Waals surface area contributed by atoms with Crippen LogP contribution in [0.1, 0.15) is 16.8 Å². The summed E-state index contributed by atoms with van der Waals surface area (Å²) in [5, 5.41) is 1.32. The van der Waals surface area contributed by atoms with Crippen molar-refractivity contribution < 1.29 is 0 Å². The highest BCUT2D eigenvalue weighted by Crippen LogP contribution is 2.31. The molecule has 5 aromatic rings. The predicted octanol–water partition coefficient (Wildman–Crippen LogP) is 3.13. The van der Waals surface area contributed by atoms with Crippen LogP contribution in [0, 0.1) is 0 Å². The van der Waals surface area contributed by atoms with Gasteiger partial charge in [-0.25, -0.2) is 19.9 Å². The molecular formula is C18H12N6OS2. The third-order valence-corrected chi connectivity index (χ3v) is 5.64. The van der Waals surface area contributed by atoms with E-state index in [9.17, 15) is 4.79 Å². The monoisotopic (exact) mass is 392 g/mol. The molecule has 1 aromatic carbocycles. The van der Waals surface area contributed by atoms with Crippen LogP contribution < -0.4 is 5.56 Å². The van der Waals surface area contributed by atoms with Crippen LogP contribution >= 0.6 is 24.0 Å². The van der Waals surface area contributed by atoms with Crippen molar-refractivity contribution in [2.45, 2.75) is 5.25 Å². The highest BCUT2D eigenvalue weighted by Gasteiger charge is 2.24. The van der Waals surface area contributed by atoms with E-state index in [0.717, 1.165) is 5.69 Å². The Morgan fingerprint density at radius 3 is 2.81 bits per heavy atom. The maximum absolute atomic E-state index is 13.2. The molecule has 5 rings (SSSR count). The second kappa shape index (κ2) is 6.29. The van der Waals surface area contributed by atoms with Crippen molar-refractivity contribution in [3.05, 3.63) is 76.3 Å². The van der Waals surface area contributed by atoms with Gasteiger partial charge in [0.1, 0.15) is 27.6 Å². The molecule has 0 fully saturated rings. The molecule has 0 amide bonds. The molecule has 0 aliphatic carbocycles. The van der Waals surface area contributed by atoms with E-state index in [1.54, 1.807) is 10.9 Å². The summed E-state index contributed by atoms with van der Waals surface area (Å²) < 4.78 is 2.21. The molecule has 1 atom stereocenters. The maximum atomic E-state index is 13.2. The molecule has 0 saturated carbocycles. The van der Waals surface area contributed by atoms with E-state index < -0.39 is 5.25 Å². The van der Waals surface area contributed by atoms with Crippen LogP contribution in [0.25, 0.3) is 27.1 Å². The zero-order valence-corrected chi connectivity index (χ0v) is 15.5. The van der Waals surface area contributed by atoms with Gasteiger partial charge in [-0.1, -0.05) is 18.2 Å². The van der Waals surface area contributed by atoms with Gasteiger partial charge < -0.3 is 4.98 Å². The van der Waals surface area contributed by atoms with Crippen LogP contribution in [-0.2, 0) is 0 Å². The fourth-order valence-electron chi connectivity index (χ4n) is 3.05. The van der Waals surface area contributed by atoms with Crippen LogP contribution in [0.4, 0.5) is 0 Å². The van der Waals surface area contributed by atoms with Crippen molar-refractivity contribution in [1.82, 2.24) is 29.5 Å². The molecule has 132 valence electrons. The Balaban J connectivity index is 1.82. The minimum absolute atomic E-state index is 0.120. The molecule has 4 aromatic heterocycles. The number of hydrogen-bond donors (Lipinski definition) is 2. The van der Waals surface area contributed by atoms with Gasteiger partial charge in [-0.15, -0.1) is 11.3 Å². The molecule has 0 saturated heterocycles. The highest BCUT2D eigenvalue weighted by atomic mass is 32.1. The number of aromatic nitrogens is 6. The molecular weight excluding hydrogens is 380 g/mol. The quantitative estimate of drug-likeness (QED) is 0.461. The van der Waals surface area contributed by atoms with Crippen molar-refractivity contribution in [1.29, 1.82) is 0 Å². The number of imidazole rings is 1. The number of hydrogen-bond acceptors (Lipinski definition) is 7. The van der Waals surface area contributed by atoms with Gasteiger partial charge in [0.05, 0.1) is 23.2 Å². The average Bonchev–Trinajstić information content (AvgIpc) is 3.37. The van der Waals surface area contributed by atoms with Gasteiger partial charge in [-0.3, -0.25) is 9.36 Å². The van der Waals surface area contributed by atoms with E-state index in [2.05, 4.69) is 19.9 Å². The van der Waals surface area contributed by atoms with Gasteiger partial charge in [-0.05, 0) is 23.6 Å². The molecule has 1 unspecified atom stereocenters. The number of thiol groups is 1. The van der Waals surface area contributed by atoms with E-state index in [-0.39, 0.29) is 5.56 Å². The first kappa shape index (κ1) is 16.2. The average molecular weight is 392 g/mol. The molecule has 27 heavy (non-hydrogen) atoms. The fourth-order valence-corrected chi connectivity index (χ4v) is 4.18. The third-order valence-electron chi connectivity index (χ3n) is 4.28. The van der Waals surface area contributed by atoms with Crippen molar-refractivity contribution in [3.8, 4) is 5.69 Å². The topological polar surface area (TPSA) is 89.3 Å². The van der Waals surface area contributed by atoms with Gasteiger partial charge in [-0.2, -0.15) is 12.6 Å². The van der Waals surface area contributed by atoms with E-state index in [4.69, 9.17) is 17.6 Å². The molecule has 0 aliphatic rings. The van der Waals surface area contributed by atoms with Gasteiger partial charge in [0.15, 0.2) is 5.65 Å². The van der Waals surface area contributed by atoms with Crippen molar-refractivity contribution >= 4 is 45.3 Å². The van der Waals surface area contributed by atoms with Crippen molar-refractivity contribution in [2.24, 2.45) is 0 Å². The Kier molecular flexibility index (Phi) is 3.76. The molecule has 9 heteroatoms. The molecule has 0 spiro atoms. The second-order valence-corrected chi connectivity index (χ2v) is 7.28. The maximum Gasteiger partial charge on any atom is 0.276 e. The lowest BCUT2D eigenvalue weighted by molar-refractivity contribution is 0.831. The van der Waals surface area contributed by atoms with E-state index in [0.29, 0.717) is 32.9 Å². The number of rotatable bonds is 3. The lowest BCUT2D eigenvalue weighted by atomic mass is 10.2. The lowest BCUT2D eigenvalue weighted by Gasteiger charge is -2.17. The van der Waals surface area contributed by atoms with Gasteiger partial charge in [0, 0.05) is 0 Å². The van der Waals surface area contributed by atoms with Crippen LogP contribution in [0.3, 0.4) is 0 Å². The number of aromatic amines is 1. The Morgan fingerprint density at radius 1 is 1.11 bits per heavy atom. The molecule has 0 aliphatic heterocycles. The summed E-state index contributed by atoms with van der Waals surface area (Å²) in [6.07, 6.45) is 3.00. The summed E-state index contributed by atoms with van der Waals surface area (Å²) in [4.78, 5) is 33.7. The van der Waals surface area contributed by atoms with Crippen LogP contribution in [0.2, 0.25) is 0 Å². The summed E-state index contributed by atoms with van der Waals surface area (Å²) in [6.45, 7) is 0. The predicted molar refractivity (Wildman–Crippen MR) is 108 cm³/mol. The standard InChI is InChI=1S/C18H12N6OS2/c25-18-15-11(6-7-27-15)23-17(24(18)10-4-2-1-3-5-10)14(26)12-13-16(21-8-19-12)22-9-20-13/h1-9,14,26H,(H,19,20,21,22). The van der Waals surface area contributed by atoms with Gasteiger partial charge in [0.25, 0.3) is 5.56 Å². The summed E-state index contributed by atoms with van der Waals surface area (Å²) in [7, 11) is 0. The van der Waals surface area contributed by atoms with E-state index in [1.165, 1.54) is 17.7 Å². The van der Waals surface area contributed by atoms with E-state index >= 15 is 0 Å². The van der Waals surface area contributed by atoms with Crippen LogP contribution in [-0.4, -0.2) is 29.5 Å². The zero-order valence-electron chi connectivity index (χ0n) is 13.8. The summed E-state index contributed by atoms with van der Waals surface area (Å²) in [5.41, 5.74) is 3.11. The summed E-state index contributed by atoms with van der Waals surface area (Å²) in [5.74, 6) is 0.495. The normalized spacial score (nSPS) is 12.6. The fraction of sp³-hybridized carbons (Fsp3) is 0.0556. The van der Waals surface area contributed by atoms with E-state index in [1.807, 2.05) is 41.8 Å². The number of thiophene rings is 1. The largest absolute Gasteiger partial charge is 0.342 e. The number of nitrogens with zero attached hydrogens (tertiary/aromatic N) is 5. The molecule has 1 N–H and O–H groups in total. The molecule has 4 heterocycles. The Bertz CT molecular complexity index is 1320. The molecule has 7 nitrogen and oxygen atoms in total.